The van der Waals surface area contributed by atoms with Crippen molar-refractivity contribution in [3.63, 3.8) is 0 Å². The molecule has 1 atom stereocenters. The fourth-order valence-corrected chi connectivity index (χ4v) is 2.01. The van der Waals surface area contributed by atoms with Gasteiger partial charge in [0.15, 0.2) is 0 Å². The molecule has 0 aromatic heterocycles. The molecule has 0 radical (unpaired) electrons. The summed E-state index contributed by atoms with van der Waals surface area (Å²) < 4.78 is 5.36. The van der Waals surface area contributed by atoms with Gasteiger partial charge in [-0.1, -0.05) is 31.5 Å². The van der Waals surface area contributed by atoms with E-state index in [9.17, 15) is 0 Å². The third-order valence-electron chi connectivity index (χ3n) is 3.34. The van der Waals surface area contributed by atoms with Gasteiger partial charge < -0.3 is 10.1 Å². The minimum absolute atomic E-state index is 0.0828. The van der Waals surface area contributed by atoms with Gasteiger partial charge in [0.2, 0.25) is 0 Å². The molecule has 0 fully saturated rings. The van der Waals surface area contributed by atoms with Crippen LogP contribution in [0.3, 0.4) is 0 Å². The van der Waals surface area contributed by atoms with Crippen LogP contribution in [0.4, 0.5) is 0 Å². The standard InChI is InChI=1S/C16H24N2O/c1-12(2)15(10-17)11-18-8-7-14-9-13(3)5-6-16(14)19-4/h5-6,9,12,15,18H,7-8,11H2,1-4H3. The van der Waals surface area contributed by atoms with Gasteiger partial charge in [-0.3, -0.25) is 0 Å². The monoisotopic (exact) mass is 260 g/mol. The number of hydrogen-bond acceptors (Lipinski definition) is 3. The average Bonchev–Trinajstić information content (AvgIpc) is 2.38. The molecule has 0 saturated carbocycles. The molecular weight excluding hydrogens is 236 g/mol. The number of nitrogens with zero attached hydrogens (tertiary/aromatic N) is 1. The van der Waals surface area contributed by atoms with Crippen molar-refractivity contribution in [2.24, 2.45) is 11.8 Å². The van der Waals surface area contributed by atoms with Gasteiger partial charge in [-0.15, -0.1) is 0 Å². The number of benzene rings is 1. The molecule has 1 unspecified atom stereocenters. The highest BCUT2D eigenvalue weighted by Gasteiger charge is 2.11. The first-order chi connectivity index (χ1) is 9.08. The van der Waals surface area contributed by atoms with Crippen LogP contribution < -0.4 is 10.1 Å². The second-order valence-electron chi connectivity index (χ2n) is 5.25. The Hall–Kier alpha value is -1.53. The van der Waals surface area contributed by atoms with Gasteiger partial charge in [0.25, 0.3) is 0 Å². The lowest BCUT2D eigenvalue weighted by molar-refractivity contribution is 0.407. The van der Waals surface area contributed by atoms with Crippen molar-refractivity contribution in [2.45, 2.75) is 27.2 Å². The minimum atomic E-state index is 0.0828. The van der Waals surface area contributed by atoms with E-state index in [1.54, 1.807) is 7.11 Å². The molecule has 0 saturated heterocycles. The van der Waals surface area contributed by atoms with E-state index in [-0.39, 0.29) is 5.92 Å². The van der Waals surface area contributed by atoms with Crippen LogP contribution in [0.15, 0.2) is 18.2 Å². The maximum Gasteiger partial charge on any atom is 0.122 e. The fourth-order valence-electron chi connectivity index (χ4n) is 2.01. The maximum absolute atomic E-state index is 9.02. The highest BCUT2D eigenvalue weighted by molar-refractivity contribution is 5.37. The van der Waals surface area contributed by atoms with E-state index in [0.717, 1.165) is 25.3 Å². The molecule has 0 heterocycles. The smallest absolute Gasteiger partial charge is 0.122 e. The van der Waals surface area contributed by atoms with E-state index in [4.69, 9.17) is 10.00 Å². The van der Waals surface area contributed by atoms with Crippen molar-refractivity contribution in [1.82, 2.24) is 5.32 Å². The predicted octanol–water partition coefficient (Wildman–Crippen LogP) is 2.93. The van der Waals surface area contributed by atoms with Crippen LogP contribution in [0.2, 0.25) is 0 Å². The Balaban J connectivity index is 2.45. The molecular formula is C16H24N2O. The number of methoxy groups -OCH3 is 1. The lowest BCUT2D eigenvalue weighted by Crippen LogP contribution is -2.27. The van der Waals surface area contributed by atoms with Gasteiger partial charge in [0, 0.05) is 6.54 Å². The first kappa shape index (κ1) is 15.5. The molecule has 0 bridgehead atoms. The average molecular weight is 260 g/mol. The lowest BCUT2D eigenvalue weighted by Gasteiger charge is -2.14. The molecule has 104 valence electrons. The second-order valence-corrected chi connectivity index (χ2v) is 5.25. The van der Waals surface area contributed by atoms with Crippen molar-refractivity contribution in [2.75, 3.05) is 20.2 Å². The summed E-state index contributed by atoms with van der Waals surface area (Å²) >= 11 is 0. The van der Waals surface area contributed by atoms with Crippen LogP contribution >= 0.6 is 0 Å². The summed E-state index contributed by atoms with van der Waals surface area (Å²) in [5.74, 6) is 1.42. The number of rotatable bonds is 7. The zero-order chi connectivity index (χ0) is 14.3. The van der Waals surface area contributed by atoms with Crippen molar-refractivity contribution in [3.05, 3.63) is 29.3 Å². The molecule has 3 nitrogen and oxygen atoms in total. The van der Waals surface area contributed by atoms with Crippen LogP contribution in [0, 0.1) is 30.1 Å². The first-order valence-corrected chi connectivity index (χ1v) is 6.82. The number of hydrogen-bond donors (Lipinski definition) is 1. The minimum Gasteiger partial charge on any atom is -0.496 e. The van der Waals surface area contributed by atoms with E-state index < -0.39 is 0 Å². The summed E-state index contributed by atoms with van der Waals surface area (Å²) in [4.78, 5) is 0. The van der Waals surface area contributed by atoms with Gasteiger partial charge in [0.05, 0.1) is 19.1 Å². The number of aryl methyl sites for hydroxylation is 1. The zero-order valence-corrected chi connectivity index (χ0v) is 12.4. The second kappa shape index (κ2) is 7.81. The van der Waals surface area contributed by atoms with Crippen LogP contribution in [0.5, 0.6) is 5.75 Å². The SMILES string of the molecule is COc1ccc(C)cc1CCNCC(C#N)C(C)C. The summed E-state index contributed by atoms with van der Waals surface area (Å²) in [6, 6.07) is 8.57. The number of nitrogens with one attached hydrogen (secondary N) is 1. The fraction of sp³-hybridized carbons (Fsp3) is 0.562. The van der Waals surface area contributed by atoms with Crippen LogP contribution in [-0.4, -0.2) is 20.2 Å². The van der Waals surface area contributed by atoms with E-state index in [0.29, 0.717) is 5.92 Å². The molecule has 0 aliphatic heterocycles. The Morgan fingerprint density at radius 1 is 1.37 bits per heavy atom. The highest BCUT2D eigenvalue weighted by Crippen LogP contribution is 2.19. The van der Waals surface area contributed by atoms with Crippen molar-refractivity contribution < 1.29 is 4.74 Å². The molecule has 19 heavy (non-hydrogen) atoms. The van der Waals surface area contributed by atoms with Crippen LogP contribution in [-0.2, 0) is 6.42 Å². The van der Waals surface area contributed by atoms with Gasteiger partial charge in [-0.25, -0.2) is 0 Å². The topological polar surface area (TPSA) is 45.0 Å². The number of nitriles is 1. The highest BCUT2D eigenvalue weighted by atomic mass is 16.5. The Kier molecular flexibility index (Phi) is 6.38. The Morgan fingerprint density at radius 3 is 2.68 bits per heavy atom. The largest absolute Gasteiger partial charge is 0.496 e. The molecule has 1 aromatic rings. The molecule has 1 rings (SSSR count). The molecule has 3 heteroatoms. The van der Waals surface area contributed by atoms with Crippen molar-refractivity contribution in [1.29, 1.82) is 5.26 Å². The van der Waals surface area contributed by atoms with Gasteiger partial charge in [-0.05, 0) is 37.4 Å². The lowest BCUT2D eigenvalue weighted by atomic mass is 9.97. The van der Waals surface area contributed by atoms with E-state index >= 15 is 0 Å². The first-order valence-electron chi connectivity index (χ1n) is 6.82. The summed E-state index contributed by atoms with van der Waals surface area (Å²) in [5.41, 5.74) is 2.46. The molecule has 0 spiro atoms. The van der Waals surface area contributed by atoms with Gasteiger partial charge in [-0.2, -0.15) is 5.26 Å². The van der Waals surface area contributed by atoms with E-state index in [1.807, 2.05) is 6.07 Å². The Labute approximate surface area is 116 Å². The zero-order valence-electron chi connectivity index (χ0n) is 12.4. The Bertz CT molecular complexity index is 435. The van der Waals surface area contributed by atoms with Crippen LogP contribution in [0.25, 0.3) is 0 Å². The predicted molar refractivity (Wildman–Crippen MR) is 78.2 cm³/mol. The number of ether oxygens (including phenoxy) is 1. The summed E-state index contributed by atoms with van der Waals surface area (Å²) in [6.07, 6.45) is 0.918. The molecule has 1 N–H and O–H groups in total. The van der Waals surface area contributed by atoms with Crippen LogP contribution in [0.1, 0.15) is 25.0 Å². The van der Waals surface area contributed by atoms with Crippen molar-refractivity contribution >= 4 is 0 Å². The normalized spacial score (nSPS) is 12.2. The maximum atomic E-state index is 9.02. The van der Waals surface area contributed by atoms with Gasteiger partial charge in [0.1, 0.15) is 5.75 Å². The van der Waals surface area contributed by atoms with E-state index in [1.165, 1.54) is 11.1 Å². The summed E-state index contributed by atoms with van der Waals surface area (Å²) in [6.45, 7) is 7.87. The van der Waals surface area contributed by atoms with Gasteiger partial charge >= 0.3 is 0 Å². The molecule has 0 aliphatic rings. The third-order valence-corrected chi connectivity index (χ3v) is 3.34. The van der Waals surface area contributed by atoms with Crippen molar-refractivity contribution in [3.8, 4) is 11.8 Å². The Morgan fingerprint density at radius 2 is 2.11 bits per heavy atom. The molecule has 0 amide bonds. The summed E-state index contributed by atoms with van der Waals surface area (Å²) in [5, 5.41) is 12.4. The van der Waals surface area contributed by atoms with E-state index in [2.05, 4.69) is 44.3 Å². The molecule has 0 aliphatic carbocycles. The molecule has 1 aromatic carbocycles. The summed E-state index contributed by atoms with van der Waals surface area (Å²) in [7, 11) is 1.70. The quantitative estimate of drug-likeness (QED) is 0.767. The third kappa shape index (κ3) is 4.92.